The Morgan fingerprint density at radius 1 is 1.23 bits per heavy atom. The van der Waals surface area contributed by atoms with Gasteiger partial charge < -0.3 is 14.6 Å². The Morgan fingerprint density at radius 2 is 1.92 bits per heavy atom. The fourth-order valence-electron chi connectivity index (χ4n) is 7.91. The van der Waals surface area contributed by atoms with Crippen LogP contribution in [-0.2, 0) is 28.7 Å². The minimum atomic E-state index is -2.30. The van der Waals surface area contributed by atoms with Crippen LogP contribution in [0.2, 0.25) is 0 Å². The molecule has 0 heterocycles. The third kappa shape index (κ3) is 4.15. The van der Waals surface area contributed by atoms with Gasteiger partial charge in [0.05, 0.1) is 13.2 Å². The molecule has 9 atom stereocenters. The van der Waals surface area contributed by atoms with Crippen LogP contribution in [0.3, 0.4) is 0 Å². The Morgan fingerprint density at radius 3 is 2.56 bits per heavy atom. The number of halogens is 2. The van der Waals surface area contributed by atoms with Gasteiger partial charge >= 0.3 is 11.9 Å². The topological polar surface area (TPSA) is 107 Å². The number of esters is 2. The molecule has 39 heavy (non-hydrogen) atoms. The zero-order chi connectivity index (χ0) is 29.0. The van der Waals surface area contributed by atoms with Crippen LogP contribution in [0, 0.1) is 28.6 Å². The van der Waals surface area contributed by atoms with Gasteiger partial charge in [0.2, 0.25) is 5.12 Å². The number of hydrogen-bond acceptors (Lipinski definition) is 8. The highest BCUT2D eigenvalue weighted by Crippen LogP contribution is 2.72. The van der Waals surface area contributed by atoms with Crippen molar-refractivity contribution in [2.75, 3.05) is 12.9 Å². The first-order chi connectivity index (χ1) is 18.2. The smallest absolute Gasteiger partial charge is 0.330 e. The van der Waals surface area contributed by atoms with Crippen LogP contribution in [0.15, 0.2) is 36.0 Å². The second kappa shape index (κ2) is 10.3. The van der Waals surface area contributed by atoms with E-state index in [9.17, 15) is 24.3 Å². The second-order valence-corrected chi connectivity index (χ2v) is 12.6. The number of hydrogen-bond donors (Lipinski definition) is 1. The second-order valence-electron chi connectivity index (χ2n) is 11.6. The van der Waals surface area contributed by atoms with Crippen molar-refractivity contribution < 1.29 is 42.5 Å². The minimum Gasteiger partial charge on any atom is -0.466 e. The van der Waals surface area contributed by atoms with E-state index in [0.717, 1.165) is 17.8 Å². The number of fused-ring (bicyclic) bond motifs is 5. The molecule has 3 fully saturated rings. The number of ether oxygens (including phenoxy) is 2. The molecule has 0 spiro atoms. The monoisotopic (exact) mass is 566 g/mol. The maximum absolute atomic E-state index is 17.4. The highest BCUT2D eigenvalue weighted by molar-refractivity contribution is 8.14. The predicted molar refractivity (Wildman–Crippen MR) is 141 cm³/mol. The number of allylic oxidation sites excluding steroid dienone is 4. The number of carbonyl (C=O) groups excluding carboxylic acids is 4. The molecule has 10 heteroatoms. The summed E-state index contributed by atoms with van der Waals surface area (Å²) in [4.78, 5) is 50.2. The molecular formula is C29H36F2O7S. The van der Waals surface area contributed by atoms with E-state index in [1.54, 1.807) is 20.8 Å². The molecular weight excluding hydrogens is 530 g/mol. The summed E-state index contributed by atoms with van der Waals surface area (Å²) in [5, 5.41) is 11.1. The van der Waals surface area contributed by atoms with E-state index in [1.807, 2.05) is 0 Å². The standard InChI is InChI=1S/C29H36F2O7S/c1-6-23(34)38-29(25(36)39-11-7-8-24(35)37-5)16(2)12-18-19-14-21(30)20-13-17(32)9-10-26(20,3)28(19,31)22(33)15-27(18,29)4/h7-10,13,16,18-19,21-22,33H,6,11-12,14-15H2,1-5H3/t16-,18?,19?,21+,22+,26+,27+,28+,29+/m1/s1. The first-order valence-electron chi connectivity index (χ1n) is 13.3. The maximum Gasteiger partial charge on any atom is 0.330 e. The van der Waals surface area contributed by atoms with Gasteiger partial charge in [-0.05, 0) is 49.8 Å². The number of thioether (sulfide) groups is 1. The first-order valence-corrected chi connectivity index (χ1v) is 14.3. The van der Waals surface area contributed by atoms with Gasteiger partial charge in [-0.15, -0.1) is 0 Å². The van der Waals surface area contributed by atoms with E-state index in [1.165, 1.54) is 38.3 Å². The maximum atomic E-state index is 17.4. The minimum absolute atomic E-state index is 0.00599. The molecule has 1 N–H and O–H groups in total. The lowest BCUT2D eigenvalue weighted by atomic mass is 9.44. The summed E-state index contributed by atoms with van der Waals surface area (Å²) in [5.41, 5.74) is -6.71. The normalized spacial score (nSPS) is 42.8. The summed E-state index contributed by atoms with van der Waals surface area (Å²) in [7, 11) is 1.23. The van der Waals surface area contributed by atoms with Crippen LogP contribution in [0.4, 0.5) is 8.78 Å². The van der Waals surface area contributed by atoms with Crippen molar-refractivity contribution in [2.24, 2.45) is 28.6 Å². The lowest BCUT2D eigenvalue weighted by Crippen LogP contribution is -2.70. The Labute approximate surface area is 231 Å². The van der Waals surface area contributed by atoms with Crippen LogP contribution in [-0.4, -0.2) is 64.4 Å². The number of ketones is 1. The average Bonchev–Trinajstić information content (AvgIpc) is 3.11. The van der Waals surface area contributed by atoms with Crippen LogP contribution in [0.5, 0.6) is 0 Å². The zero-order valence-electron chi connectivity index (χ0n) is 22.9. The highest BCUT2D eigenvalue weighted by atomic mass is 32.2. The molecule has 0 aromatic heterocycles. The Hall–Kier alpha value is -2.33. The Balaban J connectivity index is 1.78. The van der Waals surface area contributed by atoms with E-state index < -0.39 is 75.0 Å². The van der Waals surface area contributed by atoms with E-state index >= 15 is 8.78 Å². The van der Waals surface area contributed by atoms with Crippen molar-refractivity contribution in [3.63, 3.8) is 0 Å². The van der Waals surface area contributed by atoms with Gasteiger partial charge in [0.1, 0.15) is 6.17 Å². The molecule has 3 saturated carbocycles. The van der Waals surface area contributed by atoms with Gasteiger partial charge in [-0.2, -0.15) is 0 Å². The number of aliphatic hydroxyl groups excluding tert-OH is 1. The number of rotatable bonds is 6. The SMILES string of the molecule is CCC(=O)O[C@]1(C(=O)SCC=CC(=O)OC)[C@H](C)CC2C3C[C@H](F)C4=CC(=O)C=C[C@]4(C)[C@@]3(F)[C@@H](O)C[C@@]21C. The van der Waals surface area contributed by atoms with Crippen LogP contribution in [0.25, 0.3) is 0 Å². The molecule has 0 saturated heterocycles. The lowest BCUT2D eigenvalue weighted by molar-refractivity contribution is -0.228. The predicted octanol–water partition coefficient (Wildman–Crippen LogP) is 4.23. The van der Waals surface area contributed by atoms with Crippen molar-refractivity contribution >= 4 is 34.6 Å². The summed E-state index contributed by atoms with van der Waals surface area (Å²) >= 11 is 0.865. The van der Waals surface area contributed by atoms with Gasteiger partial charge in [-0.1, -0.05) is 44.7 Å². The molecule has 4 rings (SSSR count). The summed E-state index contributed by atoms with van der Waals surface area (Å²) in [6.45, 7) is 6.62. The van der Waals surface area contributed by atoms with E-state index in [0.29, 0.717) is 0 Å². The summed E-state index contributed by atoms with van der Waals surface area (Å²) in [6, 6.07) is 0. The van der Waals surface area contributed by atoms with Crippen LogP contribution >= 0.6 is 11.8 Å². The number of alkyl halides is 2. The van der Waals surface area contributed by atoms with Crippen molar-refractivity contribution in [1.29, 1.82) is 0 Å². The van der Waals surface area contributed by atoms with Crippen LogP contribution in [0.1, 0.15) is 53.4 Å². The Bertz CT molecular complexity index is 1170. The molecule has 4 aliphatic carbocycles. The van der Waals surface area contributed by atoms with Gasteiger partial charge in [-0.3, -0.25) is 14.4 Å². The summed E-state index contributed by atoms with van der Waals surface area (Å²) < 4.78 is 43.7. The number of methoxy groups -OCH3 is 1. The van der Waals surface area contributed by atoms with E-state index in [2.05, 4.69) is 4.74 Å². The van der Waals surface area contributed by atoms with E-state index in [4.69, 9.17) is 4.74 Å². The van der Waals surface area contributed by atoms with Crippen molar-refractivity contribution in [1.82, 2.24) is 0 Å². The van der Waals surface area contributed by atoms with Gasteiger partial charge in [0.25, 0.3) is 0 Å². The molecule has 0 aliphatic heterocycles. The quantitative estimate of drug-likeness (QED) is 0.376. The number of carbonyl (C=O) groups is 4. The third-order valence-corrected chi connectivity index (χ3v) is 10.7. The number of aliphatic hydroxyl groups is 1. The van der Waals surface area contributed by atoms with Gasteiger partial charge in [0, 0.05) is 40.9 Å². The average molecular weight is 567 g/mol. The van der Waals surface area contributed by atoms with Crippen molar-refractivity contribution in [2.45, 2.75) is 76.9 Å². The lowest BCUT2D eigenvalue weighted by Gasteiger charge is -2.63. The van der Waals surface area contributed by atoms with Crippen LogP contribution < -0.4 is 0 Å². The molecule has 4 aliphatic rings. The summed E-state index contributed by atoms with van der Waals surface area (Å²) in [6.07, 6.45) is 2.97. The summed E-state index contributed by atoms with van der Waals surface area (Å²) in [5.74, 6) is -3.65. The molecule has 0 aromatic rings. The third-order valence-electron chi connectivity index (χ3n) is 9.80. The molecule has 0 radical (unpaired) electrons. The molecule has 0 aromatic carbocycles. The molecule has 0 amide bonds. The largest absolute Gasteiger partial charge is 0.466 e. The van der Waals surface area contributed by atoms with Gasteiger partial charge in [0.15, 0.2) is 17.1 Å². The Kier molecular flexibility index (Phi) is 7.79. The fourth-order valence-corrected chi connectivity index (χ4v) is 8.95. The molecule has 7 nitrogen and oxygen atoms in total. The molecule has 214 valence electrons. The molecule has 2 unspecified atom stereocenters. The van der Waals surface area contributed by atoms with E-state index in [-0.39, 0.29) is 37.0 Å². The van der Waals surface area contributed by atoms with Gasteiger partial charge in [-0.25, -0.2) is 13.6 Å². The van der Waals surface area contributed by atoms with Crippen molar-refractivity contribution in [3.05, 3.63) is 36.0 Å². The first kappa shape index (κ1) is 29.6. The highest BCUT2D eigenvalue weighted by Gasteiger charge is 2.78. The fraction of sp³-hybridized carbons (Fsp3) is 0.655. The zero-order valence-corrected chi connectivity index (χ0v) is 23.7. The molecule has 0 bridgehead atoms. The van der Waals surface area contributed by atoms with Crippen molar-refractivity contribution in [3.8, 4) is 0 Å².